The second kappa shape index (κ2) is 13.6. The normalized spacial score (nSPS) is 10.9. The van der Waals surface area contributed by atoms with Gasteiger partial charge in [-0.1, -0.05) is 62.9 Å². The quantitative estimate of drug-likeness (QED) is 0.127. The van der Waals surface area contributed by atoms with Crippen molar-refractivity contribution in [3.05, 3.63) is 75.9 Å². The molecular weight excluding hydrogens is 469 g/mol. The lowest BCUT2D eigenvalue weighted by molar-refractivity contribution is -0.384. The number of nitrogens with one attached hydrogen (secondary N) is 1. The molecule has 8 nitrogen and oxygen atoms in total. The number of nitrogens with zero attached hydrogens (tertiary/aromatic N) is 4. The van der Waals surface area contributed by atoms with Gasteiger partial charge in [0.25, 0.3) is 5.69 Å². The number of unbranched alkanes of at least 4 members (excludes halogenated alkanes) is 5. The van der Waals surface area contributed by atoms with Crippen LogP contribution in [0.1, 0.15) is 63.3 Å². The molecule has 0 fully saturated rings. The smallest absolute Gasteiger partial charge is 0.269 e. The van der Waals surface area contributed by atoms with Crippen molar-refractivity contribution < 1.29 is 14.1 Å². The van der Waals surface area contributed by atoms with E-state index in [1.165, 1.54) is 55.3 Å². The molecule has 0 radical (unpaired) electrons. The summed E-state index contributed by atoms with van der Waals surface area (Å²) >= 11 is 1.41. The fourth-order valence-electron chi connectivity index (χ4n) is 3.55. The van der Waals surface area contributed by atoms with Crippen LogP contribution in [0.15, 0.2) is 53.7 Å². The van der Waals surface area contributed by atoms with Crippen molar-refractivity contribution in [2.24, 2.45) is 0 Å². The van der Waals surface area contributed by atoms with Crippen LogP contribution in [-0.4, -0.2) is 25.6 Å². The van der Waals surface area contributed by atoms with Gasteiger partial charge >= 0.3 is 0 Å². The zero-order valence-corrected chi connectivity index (χ0v) is 20.6. The Hall–Kier alpha value is -3.27. The number of thioether (sulfide) groups is 1. The molecule has 3 rings (SSSR count). The highest BCUT2D eigenvalue weighted by molar-refractivity contribution is 7.98. The lowest BCUT2D eigenvalue weighted by Crippen LogP contribution is -2.24. The maximum Gasteiger partial charge on any atom is 0.269 e. The van der Waals surface area contributed by atoms with Crippen molar-refractivity contribution in [2.75, 3.05) is 0 Å². The molecule has 10 heteroatoms. The molecule has 2 aromatic carbocycles. The number of nitro groups is 1. The van der Waals surface area contributed by atoms with Gasteiger partial charge in [0, 0.05) is 30.0 Å². The summed E-state index contributed by atoms with van der Waals surface area (Å²) < 4.78 is 15.0. The first kappa shape index (κ1) is 26.3. The number of hydrogen-bond donors (Lipinski definition) is 1. The lowest BCUT2D eigenvalue weighted by atomic mass is 10.1. The van der Waals surface area contributed by atoms with E-state index in [9.17, 15) is 19.3 Å². The average molecular weight is 500 g/mol. The number of nitro benzene ring substituents is 1. The van der Waals surface area contributed by atoms with E-state index in [4.69, 9.17) is 0 Å². The maximum atomic E-state index is 13.2. The van der Waals surface area contributed by atoms with Crippen LogP contribution in [0.25, 0.3) is 5.69 Å². The fraction of sp³-hybridized carbons (Fsp3) is 0.400. The number of benzene rings is 2. The molecular formula is C25H30FN5O3S. The predicted octanol–water partition coefficient (Wildman–Crippen LogP) is 5.97. The van der Waals surface area contributed by atoms with Gasteiger partial charge in [0.05, 0.1) is 11.5 Å². The highest BCUT2D eigenvalue weighted by Crippen LogP contribution is 2.26. The van der Waals surface area contributed by atoms with Gasteiger partial charge in [0.1, 0.15) is 5.82 Å². The molecule has 0 aliphatic carbocycles. The van der Waals surface area contributed by atoms with E-state index < -0.39 is 4.92 Å². The molecule has 0 saturated carbocycles. The van der Waals surface area contributed by atoms with Crippen LogP contribution in [0, 0.1) is 15.9 Å². The first-order valence-corrected chi connectivity index (χ1v) is 12.8. The van der Waals surface area contributed by atoms with E-state index in [1.807, 2.05) is 0 Å². The standard InChI is InChI=1S/C25H30FN5O3S/c1-2-3-4-5-6-7-8-24(32)27-17-23-28-29-25(35-18-19-9-11-20(26)12-10-19)30(23)21-13-15-22(16-14-21)31(33)34/h9-16H,2-8,17-18H2,1H3,(H,27,32). The van der Waals surface area contributed by atoms with Gasteiger partial charge in [-0.25, -0.2) is 4.39 Å². The number of hydrogen-bond acceptors (Lipinski definition) is 6. The molecule has 1 N–H and O–H groups in total. The summed E-state index contributed by atoms with van der Waals surface area (Å²) in [5.74, 6) is 0.721. The van der Waals surface area contributed by atoms with Gasteiger partial charge in [0.15, 0.2) is 11.0 Å². The largest absolute Gasteiger partial charge is 0.349 e. The molecule has 1 heterocycles. The number of amides is 1. The molecule has 0 atom stereocenters. The van der Waals surface area contributed by atoms with E-state index in [0.717, 1.165) is 24.8 Å². The number of aromatic nitrogens is 3. The van der Waals surface area contributed by atoms with Gasteiger partial charge in [0.2, 0.25) is 5.91 Å². The van der Waals surface area contributed by atoms with Crippen LogP contribution in [0.2, 0.25) is 0 Å². The van der Waals surface area contributed by atoms with E-state index in [-0.39, 0.29) is 24.0 Å². The van der Waals surface area contributed by atoms with E-state index in [1.54, 1.807) is 28.8 Å². The molecule has 1 amide bonds. The molecule has 186 valence electrons. The number of carbonyl (C=O) groups excluding carboxylic acids is 1. The Balaban J connectivity index is 1.68. The highest BCUT2D eigenvalue weighted by atomic mass is 32.2. The number of rotatable bonds is 14. The lowest BCUT2D eigenvalue weighted by Gasteiger charge is -2.11. The molecule has 0 spiro atoms. The molecule has 0 bridgehead atoms. The zero-order chi connectivity index (χ0) is 25.0. The Labute approximate surface area is 208 Å². The number of carbonyl (C=O) groups is 1. The highest BCUT2D eigenvalue weighted by Gasteiger charge is 2.17. The molecule has 0 aliphatic heterocycles. The van der Waals surface area contributed by atoms with Crippen molar-refractivity contribution in [1.29, 1.82) is 0 Å². The summed E-state index contributed by atoms with van der Waals surface area (Å²) in [7, 11) is 0. The van der Waals surface area contributed by atoms with Crippen molar-refractivity contribution in [1.82, 2.24) is 20.1 Å². The second-order valence-corrected chi connectivity index (χ2v) is 9.16. The Kier molecular flexibility index (Phi) is 10.2. The topological polar surface area (TPSA) is 103 Å². The minimum absolute atomic E-state index is 0.0175. The number of non-ortho nitro benzene ring substituents is 1. The molecule has 35 heavy (non-hydrogen) atoms. The summed E-state index contributed by atoms with van der Waals surface area (Å²) in [5.41, 5.74) is 1.56. The van der Waals surface area contributed by atoms with Crippen LogP contribution in [0.3, 0.4) is 0 Å². The molecule has 1 aromatic heterocycles. The monoisotopic (exact) mass is 499 g/mol. The SMILES string of the molecule is CCCCCCCCC(=O)NCc1nnc(SCc2ccc(F)cc2)n1-c1ccc([N+](=O)[O-])cc1. The Morgan fingerprint density at radius 3 is 2.40 bits per heavy atom. The predicted molar refractivity (Wildman–Crippen MR) is 134 cm³/mol. The molecule has 0 unspecified atom stereocenters. The Morgan fingerprint density at radius 2 is 1.71 bits per heavy atom. The van der Waals surface area contributed by atoms with E-state index >= 15 is 0 Å². The van der Waals surface area contributed by atoms with Crippen LogP contribution in [0.4, 0.5) is 10.1 Å². The molecule has 0 aliphatic rings. The maximum absolute atomic E-state index is 13.2. The fourth-order valence-corrected chi connectivity index (χ4v) is 4.48. The third-order valence-corrected chi connectivity index (χ3v) is 6.50. The van der Waals surface area contributed by atoms with Gasteiger partial charge in [-0.05, 0) is 36.2 Å². The third kappa shape index (κ3) is 8.17. The van der Waals surface area contributed by atoms with E-state index in [2.05, 4.69) is 22.4 Å². The third-order valence-electron chi connectivity index (χ3n) is 5.50. The summed E-state index contributed by atoms with van der Waals surface area (Å²) in [6.07, 6.45) is 7.12. The van der Waals surface area contributed by atoms with Crippen molar-refractivity contribution >= 4 is 23.4 Å². The second-order valence-electron chi connectivity index (χ2n) is 8.22. The minimum atomic E-state index is -0.455. The van der Waals surface area contributed by atoms with Crippen LogP contribution < -0.4 is 5.32 Å². The van der Waals surface area contributed by atoms with Crippen LogP contribution in [0.5, 0.6) is 0 Å². The average Bonchev–Trinajstić information content (AvgIpc) is 3.27. The van der Waals surface area contributed by atoms with Gasteiger partial charge in [-0.15, -0.1) is 10.2 Å². The van der Waals surface area contributed by atoms with Crippen molar-refractivity contribution in [2.45, 2.75) is 69.3 Å². The van der Waals surface area contributed by atoms with Gasteiger partial charge in [-0.3, -0.25) is 19.5 Å². The number of halogens is 1. The van der Waals surface area contributed by atoms with Crippen molar-refractivity contribution in [3.63, 3.8) is 0 Å². The van der Waals surface area contributed by atoms with Gasteiger partial charge < -0.3 is 5.32 Å². The first-order chi connectivity index (χ1) is 17.0. The van der Waals surface area contributed by atoms with Crippen molar-refractivity contribution in [3.8, 4) is 5.69 Å². The van der Waals surface area contributed by atoms with Crippen LogP contribution in [-0.2, 0) is 17.1 Å². The summed E-state index contributed by atoms with van der Waals surface area (Å²) in [4.78, 5) is 22.9. The molecule has 3 aromatic rings. The molecule has 0 saturated heterocycles. The van der Waals surface area contributed by atoms with Gasteiger partial charge in [-0.2, -0.15) is 0 Å². The first-order valence-electron chi connectivity index (χ1n) is 11.8. The zero-order valence-electron chi connectivity index (χ0n) is 19.8. The Bertz CT molecular complexity index is 1100. The summed E-state index contributed by atoms with van der Waals surface area (Å²) in [6, 6.07) is 12.3. The summed E-state index contributed by atoms with van der Waals surface area (Å²) in [5, 5.41) is 23.1. The minimum Gasteiger partial charge on any atom is -0.349 e. The van der Waals surface area contributed by atoms with Crippen LogP contribution >= 0.6 is 11.8 Å². The Morgan fingerprint density at radius 1 is 1.03 bits per heavy atom. The van der Waals surface area contributed by atoms with E-state index in [0.29, 0.717) is 28.8 Å². The summed E-state index contributed by atoms with van der Waals surface area (Å²) in [6.45, 7) is 2.37.